The summed E-state index contributed by atoms with van der Waals surface area (Å²) in [5, 5.41) is 3.78. The smallest absolute Gasteiger partial charge is 0.0321 e. The van der Waals surface area contributed by atoms with Gasteiger partial charge in [-0.25, -0.2) is 0 Å². The molecule has 3 rings (SSSR count). The van der Waals surface area contributed by atoms with Gasteiger partial charge in [-0.05, 0) is 48.9 Å². The predicted molar refractivity (Wildman–Crippen MR) is 100 cm³/mol. The molecule has 1 aromatic heterocycles. The first-order valence-corrected chi connectivity index (χ1v) is 9.16. The molecule has 2 aromatic rings. The number of aromatic nitrogens is 1. The van der Waals surface area contributed by atoms with Crippen LogP contribution in [0.15, 0.2) is 54.9 Å². The van der Waals surface area contributed by atoms with Crippen molar-refractivity contribution in [1.29, 1.82) is 0 Å². The van der Waals surface area contributed by atoms with Crippen molar-refractivity contribution in [3.05, 3.63) is 66.0 Å². The SMILES string of the molecule is C[C@@H](CNC1CCN([C@@H](C)c2ccncc2)CC1)c1ccccc1. The van der Waals surface area contributed by atoms with Gasteiger partial charge >= 0.3 is 0 Å². The molecule has 1 saturated heterocycles. The van der Waals surface area contributed by atoms with E-state index in [0.717, 1.165) is 6.54 Å². The minimum absolute atomic E-state index is 0.484. The number of hydrogen-bond donors (Lipinski definition) is 1. The highest BCUT2D eigenvalue weighted by atomic mass is 15.2. The third-order valence-corrected chi connectivity index (χ3v) is 5.35. The maximum atomic E-state index is 4.12. The van der Waals surface area contributed by atoms with Gasteiger partial charge in [-0.3, -0.25) is 9.88 Å². The zero-order chi connectivity index (χ0) is 16.8. The van der Waals surface area contributed by atoms with E-state index in [1.807, 2.05) is 12.4 Å². The first kappa shape index (κ1) is 17.1. The number of likely N-dealkylation sites (tertiary alicyclic amines) is 1. The molecule has 0 unspecified atom stereocenters. The highest BCUT2D eigenvalue weighted by Crippen LogP contribution is 2.24. The Kier molecular flexibility index (Phi) is 6.00. The molecule has 1 aliphatic heterocycles. The third-order valence-electron chi connectivity index (χ3n) is 5.35. The first-order chi connectivity index (χ1) is 11.7. The van der Waals surface area contributed by atoms with E-state index in [1.165, 1.54) is 37.1 Å². The summed E-state index contributed by atoms with van der Waals surface area (Å²) in [6.45, 7) is 8.01. The molecule has 1 aromatic carbocycles. The Morgan fingerprint density at radius 1 is 1.00 bits per heavy atom. The van der Waals surface area contributed by atoms with E-state index in [4.69, 9.17) is 0 Å². The average molecular weight is 323 g/mol. The van der Waals surface area contributed by atoms with E-state index in [9.17, 15) is 0 Å². The van der Waals surface area contributed by atoms with E-state index in [1.54, 1.807) is 0 Å². The second-order valence-electron chi connectivity index (χ2n) is 6.99. The first-order valence-electron chi connectivity index (χ1n) is 9.16. The van der Waals surface area contributed by atoms with Crippen molar-refractivity contribution >= 4 is 0 Å². The molecule has 0 aliphatic carbocycles. The molecule has 3 nitrogen and oxygen atoms in total. The molecule has 0 amide bonds. The second kappa shape index (κ2) is 8.41. The van der Waals surface area contributed by atoms with Gasteiger partial charge in [0.2, 0.25) is 0 Å². The lowest BCUT2D eigenvalue weighted by molar-refractivity contribution is 0.152. The normalized spacial score (nSPS) is 19.1. The van der Waals surface area contributed by atoms with Gasteiger partial charge in [0, 0.05) is 44.1 Å². The fraction of sp³-hybridized carbons (Fsp3) is 0.476. The van der Waals surface area contributed by atoms with Crippen molar-refractivity contribution < 1.29 is 0 Å². The highest BCUT2D eigenvalue weighted by Gasteiger charge is 2.23. The van der Waals surface area contributed by atoms with Crippen LogP contribution in [-0.4, -0.2) is 35.6 Å². The average Bonchev–Trinajstić information content (AvgIpc) is 2.67. The molecule has 1 fully saturated rings. The lowest BCUT2D eigenvalue weighted by Crippen LogP contribution is -2.44. The highest BCUT2D eigenvalue weighted by molar-refractivity contribution is 5.19. The number of pyridine rings is 1. The van der Waals surface area contributed by atoms with Gasteiger partial charge in [-0.2, -0.15) is 0 Å². The Morgan fingerprint density at radius 3 is 2.33 bits per heavy atom. The Bertz CT molecular complexity index is 591. The number of piperidine rings is 1. The summed E-state index contributed by atoms with van der Waals surface area (Å²) in [6, 6.07) is 16.2. The van der Waals surface area contributed by atoms with Crippen LogP contribution < -0.4 is 5.32 Å². The maximum Gasteiger partial charge on any atom is 0.0321 e. The van der Waals surface area contributed by atoms with Crippen molar-refractivity contribution in [2.75, 3.05) is 19.6 Å². The third kappa shape index (κ3) is 4.43. The molecule has 128 valence electrons. The van der Waals surface area contributed by atoms with E-state index in [0.29, 0.717) is 18.0 Å². The molecular weight excluding hydrogens is 294 g/mol. The van der Waals surface area contributed by atoms with Crippen LogP contribution in [-0.2, 0) is 0 Å². The lowest BCUT2D eigenvalue weighted by Gasteiger charge is -2.37. The Labute approximate surface area is 146 Å². The summed E-state index contributed by atoms with van der Waals surface area (Å²) in [4.78, 5) is 6.71. The molecule has 1 aliphatic rings. The molecule has 24 heavy (non-hydrogen) atoms. The van der Waals surface area contributed by atoms with Crippen molar-refractivity contribution in [3.8, 4) is 0 Å². The van der Waals surface area contributed by atoms with Crippen molar-refractivity contribution in [3.63, 3.8) is 0 Å². The Morgan fingerprint density at radius 2 is 1.67 bits per heavy atom. The fourth-order valence-corrected chi connectivity index (χ4v) is 3.59. The number of benzene rings is 1. The van der Waals surface area contributed by atoms with E-state index in [-0.39, 0.29) is 0 Å². The van der Waals surface area contributed by atoms with Gasteiger partial charge in [0.25, 0.3) is 0 Å². The number of hydrogen-bond acceptors (Lipinski definition) is 3. The lowest BCUT2D eigenvalue weighted by atomic mass is 9.98. The standard InChI is InChI=1S/C21H29N3/c1-17(19-6-4-3-5-7-19)16-23-21-10-14-24(15-11-21)18(2)20-8-12-22-13-9-20/h3-9,12-13,17-18,21,23H,10-11,14-16H2,1-2H3/t17-,18-/m0/s1. The van der Waals surface area contributed by atoms with Gasteiger partial charge in [-0.1, -0.05) is 37.3 Å². The summed E-state index contributed by atoms with van der Waals surface area (Å²) >= 11 is 0. The summed E-state index contributed by atoms with van der Waals surface area (Å²) in [5.74, 6) is 0.569. The minimum atomic E-state index is 0.484. The van der Waals surface area contributed by atoms with Crippen LogP contribution in [0.4, 0.5) is 0 Å². The fourth-order valence-electron chi connectivity index (χ4n) is 3.59. The van der Waals surface area contributed by atoms with Crippen LogP contribution in [0, 0.1) is 0 Å². The molecule has 1 N–H and O–H groups in total. The number of nitrogens with one attached hydrogen (secondary N) is 1. The molecule has 0 radical (unpaired) electrons. The topological polar surface area (TPSA) is 28.2 Å². The van der Waals surface area contributed by atoms with Crippen molar-refractivity contribution in [1.82, 2.24) is 15.2 Å². The monoisotopic (exact) mass is 323 g/mol. The summed E-state index contributed by atoms with van der Waals surface area (Å²) in [5.41, 5.74) is 2.79. The molecule has 2 atom stereocenters. The summed E-state index contributed by atoms with van der Waals surface area (Å²) < 4.78 is 0. The van der Waals surface area contributed by atoms with Gasteiger partial charge in [0.15, 0.2) is 0 Å². The maximum absolute atomic E-state index is 4.12. The van der Waals surface area contributed by atoms with E-state index >= 15 is 0 Å². The molecule has 2 heterocycles. The van der Waals surface area contributed by atoms with Crippen LogP contribution in [0.2, 0.25) is 0 Å². The summed E-state index contributed by atoms with van der Waals surface area (Å²) in [7, 11) is 0. The van der Waals surface area contributed by atoms with Crippen LogP contribution in [0.1, 0.15) is 49.8 Å². The largest absolute Gasteiger partial charge is 0.313 e. The minimum Gasteiger partial charge on any atom is -0.313 e. The predicted octanol–water partition coefficient (Wildman–Crippen LogP) is 4.00. The van der Waals surface area contributed by atoms with Crippen molar-refractivity contribution in [2.45, 2.75) is 44.7 Å². The van der Waals surface area contributed by atoms with Crippen LogP contribution in [0.5, 0.6) is 0 Å². The second-order valence-corrected chi connectivity index (χ2v) is 6.99. The van der Waals surface area contributed by atoms with Crippen molar-refractivity contribution in [2.24, 2.45) is 0 Å². The van der Waals surface area contributed by atoms with Crippen LogP contribution >= 0.6 is 0 Å². The van der Waals surface area contributed by atoms with E-state index < -0.39 is 0 Å². The zero-order valence-corrected chi connectivity index (χ0v) is 14.9. The van der Waals surface area contributed by atoms with Gasteiger partial charge in [0.05, 0.1) is 0 Å². The van der Waals surface area contributed by atoms with Gasteiger partial charge in [0.1, 0.15) is 0 Å². The molecule has 0 saturated carbocycles. The van der Waals surface area contributed by atoms with Gasteiger partial charge < -0.3 is 5.32 Å². The number of nitrogens with zero attached hydrogens (tertiary/aromatic N) is 2. The van der Waals surface area contributed by atoms with Crippen LogP contribution in [0.25, 0.3) is 0 Å². The Hall–Kier alpha value is -1.71. The summed E-state index contributed by atoms with van der Waals surface area (Å²) in [6.07, 6.45) is 6.25. The molecule has 3 heteroatoms. The molecular formula is C21H29N3. The van der Waals surface area contributed by atoms with Gasteiger partial charge in [-0.15, -0.1) is 0 Å². The Balaban J connectivity index is 1.44. The number of rotatable bonds is 6. The molecule has 0 spiro atoms. The zero-order valence-electron chi connectivity index (χ0n) is 14.9. The van der Waals surface area contributed by atoms with Crippen LogP contribution in [0.3, 0.4) is 0 Å². The van der Waals surface area contributed by atoms with E-state index in [2.05, 4.69) is 71.5 Å². The molecule has 0 bridgehead atoms. The quantitative estimate of drug-likeness (QED) is 0.871.